The van der Waals surface area contributed by atoms with Crippen molar-refractivity contribution < 1.29 is 18.3 Å². The van der Waals surface area contributed by atoms with Gasteiger partial charge in [0.2, 0.25) is 0 Å². The zero-order valence-electron chi connectivity index (χ0n) is 13.3. The van der Waals surface area contributed by atoms with Crippen LogP contribution in [0.5, 0.6) is 0 Å². The fraction of sp³-hybridized carbons (Fsp3) is 0.800. The van der Waals surface area contributed by atoms with E-state index in [4.69, 9.17) is 4.74 Å². The van der Waals surface area contributed by atoms with Gasteiger partial charge in [0, 0.05) is 6.54 Å². The highest BCUT2D eigenvalue weighted by Gasteiger charge is 2.35. The maximum atomic E-state index is 13.5. The van der Waals surface area contributed by atoms with Crippen LogP contribution in [0.15, 0.2) is 12.2 Å². The van der Waals surface area contributed by atoms with Gasteiger partial charge in [-0.3, -0.25) is 4.79 Å². The summed E-state index contributed by atoms with van der Waals surface area (Å²) in [6, 6.07) is 0. The standard InChI is InChI=1S/C15H27F2NO2/c1-13(2,3)10-18-12(19)15(16,17)8-7-9-20-11-14(4,5)6/h7-8H,9-11H2,1-6H3,(H,18,19)/b8-7+. The lowest BCUT2D eigenvalue weighted by molar-refractivity contribution is -0.139. The number of rotatable bonds is 6. The van der Waals surface area contributed by atoms with Gasteiger partial charge in [-0.1, -0.05) is 47.6 Å². The zero-order valence-corrected chi connectivity index (χ0v) is 13.3. The van der Waals surface area contributed by atoms with E-state index in [0.717, 1.165) is 0 Å². The van der Waals surface area contributed by atoms with Crippen LogP contribution in [0, 0.1) is 10.8 Å². The van der Waals surface area contributed by atoms with Gasteiger partial charge in [-0.25, -0.2) is 0 Å². The lowest BCUT2D eigenvalue weighted by Gasteiger charge is -2.20. The molecule has 1 amide bonds. The van der Waals surface area contributed by atoms with E-state index in [0.29, 0.717) is 12.7 Å². The third kappa shape index (κ3) is 9.89. The summed E-state index contributed by atoms with van der Waals surface area (Å²) in [5, 5.41) is 2.25. The van der Waals surface area contributed by atoms with Crippen molar-refractivity contribution in [2.75, 3.05) is 19.8 Å². The lowest BCUT2D eigenvalue weighted by atomic mass is 9.97. The Morgan fingerprint density at radius 3 is 2.10 bits per heavy atom. The van der Waals surface area contributed by atoms with Crippen molar-refractivity contribution >= 4 is 5.91 Å². The first-order valence-corrected chi connectivity index (χ1v) is 6.75. The van der Waals surface area contributed by atoms with E-state index < -0.39 is 11.8 Å². The molecule has 118 valence electrons. The van der Waals surface area contributed by atoms with Gasteiger partial charge in [0.1, 0.15) is 0 Å². The Balaban J connectivity index is 4.19. The van der Waals surface area contributed by atoms with Gasteiger partial charge in [-0.05, 0) is 16.9 Å². The van der Waals surface area contributed by atoms with Crippen LogP contribution in [-0.2, 0) is 9.53 Å². The van der Waals surface area contributed by atoms with Crippen molar-refractivity contribution in [1.82, 2.24) is 5.32 Å². The first kappa shape index (κ1) is 19.0. The minimum atomic E-state index is -3.50. The van der Waals surface area contributed by atoms with E-state index in [1.807, 2.05) is 41.5 Å². The Morgan fingerprint density at radius 1 is 1.10 bits per heavy atom. The fourth-order valence-corrected chi connectivity index (χ4v) is 1.17. The van der Waals surface area contributed by atoms with E-state index >= 15 is 0 Å². The Kier molecular flexibility index (Phi) is 6.81. The molecule has 0 rings (SSSR count). The smallest absolute Gasteiger partial charge is 0.343 e. The first-order valence-electron chi connectivity index (χ1n) is 6.75. The Labute approximate surface area is 120 Å². The van der Waals surface area contributed by atoms with Crippen molar-refractivity contribution in [3.8, 4) is 0 Å². The molecule has 0 aliphatic carbocycles. The van der Waals surface area contributed by atoms with Crippen LogP contribution in [0.4, 0.5) is 8.78 Å². The van der Waals surface area contributed by atoms with Crippen LogP contribution in [0.3, 0.4) is 0 Å². The molecule has 0 fully saturated rings. The van der Waals surface area contributed by atoms with Gasteiger partial charge < -0.3 is 10.1 Å². The van der Waals surface area contributed by atoms with Crippen LogP contribution in [-0.4, -0.2) is 31.6 Å². The second kappa shape index (κ2) is 7.16. The van der Waals surface area contributed by atoms with E-state index in [9.17, 15) is 13.6 Å². The molecule has 3 nitrogen and oxygen atoms in total. The van der Waals surface area contributed by atoms with Crippen molar-refractivity contribution in [3.05, 3.63) is 12.2 Å². The molecular weight excluding hydrogens is 264 g/mol. The minimum absolute atomic E-state index is 0.0135. The zero-order chi connectivity index (χ0) is 16.0. The number of halogens is 2. The van der Waals surface area contributed by atoms with Crippen LogP contribution >= 0.6 is 0 Å². The average molecular weight is 291 g/mol. The molecule has 0 radical (unpaired) electrons. The molecular formula is C15H27F2NO2. The summed E-state index contributed by atoms with van der Waals surface area (Å²) in [6.07, 6.45) is 1.77. The van der Waals surface area contributed by atoms with Crippen molar-refractivity contribution in [2.24, 2.45) is 10.8 Å². The fourth-order valence-electron chi connectivity index (χ4n) is 1.17. The molecule has 0 aromatic rings. The molecule has 0 unspecified atom stereocenters. The Hall–Kier alpha value is -0.970. The number of nitrogens with one attached hydrogen (secondary N) is 1. The highest BCUT2D eigenvalue weighted by atomic mass is 19.3. The maximum Gasteiger partial charge on any atom is 0.343 e. The van der Waals surface area contributed by atoms with Crippen LogP contribution in [0.1, 0.15) is 41.5 Å². The molecule has 20 heavy (non-hydrogen) atoms. The quantitative estimate of drug-likeness (QED) is 0.601. The summed E-state index contributed by atoms with van der Waals surface area (Å²) in [6.45, 7) is 12.3. The molecule has 0 aliphatic heterocycles. The molecule has 0 saturated carbocycles. The Morgan fingerprint density at radius 2 is 1.65 bits per heavy atom. The summed E-state index contributed by atoms with van der Waals surface area (Å²) >= 11 is 0. The summed E-state index contributed by atoms with van der Waals surface area (Å²) in [4.78, 5) is 11.4. The van der Waals surface area contributed by atoms with Gasteiger partial charge in [-0.2, -0.15) is 8.78 Å². The summed E-state index contributed by atoms with van der Waals surface area (Å²) < 4.78 is 32.2. The van der Waals surface area contributed by atoms with Crippen molar-refractivity contribution in [3.63, 3.8) is 0 Å². The SMILES string of the molecule is CC(C)(C)CNC(=O)C(F)(F)/C=C/COCC(C)(C)C. The summed E-state index contributed by atoms with van der Waals surface area (Å²) in [7, 11) is 0. The number of carbonyl (C=O) groups is 1. The van der Waals surface area contributed by atoms with Crippen LogP contribution in [0.25, 0.3) is 0 Å². The van der Waals surface area contributed by atoms with Gasteiger partial charge in [0.15, 0.2) is 0 Å². The van der Waals surface area contributed by atoms with Gasteiger partial charge in [0.25, 0.3) is 5.91 Å². The largest absolute Gasteiger partial charge is 0.377 e. The number of carbonyl (C=O) groups excluding carboxylic acids is 1. The van der Waals surface area contributed by atoms with Gasteiger partial charge in [-0.15, -0.1) is 0 Å². The monoisotopic (exact) mass is 291 g/mol. The van der Waals surface area contributed by atoms with Gasteiger partial charge in [0.05, 0.1) is 13.2 Å². The summed E-state index contributed by atoms with van der Waals surface area (Å²) in [5.41, 5.74) is -0.244. The van der Waals surface area contributed by atoms with Crippen molar-refractivity contribution in [1.29, 1.82) is 0 Å². The van der Waals surface area contributed by atoms with E-state index in [-0.39, 0.29) is 24.0 Å². The number of amides is 1. The number of hydrogen-bond donors (Lipinski definition) is 1. The second-order valence-corrected chi connectivity index (χ2v) is 7.34. The molecule has 0 aliphatic rings. The molecule has 0 aromatic carbocycles. The molecule has 0 heterocycles. The number of alkyl halides is 2. The number of hydrogen-bond acceptors (Lipinski definition) is 2. The molecule has 5 heteroatoms. The highest BCUT2D eigenvalue weighted by molar-refractivity contribution is 5.85. The minimum Gasteiger partial charge on any atom is -0.377 e. The van der Waals surface area contributed by atoms with E-state index in [1.54, 1.807) is 0 Å². The van der Waals surface area contributed by atoms with Crippen molar-refractivity contribution in [2.45, 2.75) is 47.5 Å². The summed E-state index contributed by atoms with van der Waals surface area (Å²) in [5.74, 6) is -4.78. The normalized spacial score (nSPS) is 13.8. The van der Waals surface area contributed by atoms with E-state index in [1.165, 1.54) is 6.08 Å². The second-order valence-electron chi connectivity index (χ2n) is 7.34. The third-order valence-electron chi connectivity index (χ3n) is 2.16. The van der Waals surface area contributed by atoms with E-state index in [2.05, 4.69) is 5.32 Å². The molecule has 0 aromatic heterocycles. The Bertz CT molecular complexity index is 339. The lowest BCUT2D eigenvalue weighted by Crippen LogP contribution is -2.42. The van der Waals surface area contributed by atoms with Crippen LogP contribution < -0.4 is 5.32 Å². The number of ether oxygens (including phenoxy) is 1. The predicted octanol–water partition coefficient (Wildman–Crippen LogP) is 3.40. The molecule has 0 bridgehead atoms. The van der Waals surface area contributed by atoms with Crippen LogP contribution in [0.2, 0.25) is 0 Å². The predicted molar refractivity (Wildman–Crippen MR) is 76.8 cm³/mol. The highest BCUT2D eigenvalue weighted by Crippen LogP contribution is 2.17. The molecule has 0 atom stereocenters. The maximum absolute atomic E-state index is 13.5. The average Bonchev–Trinajstić information content (AvgIpc) is 2.22. The first-order chi connectivity index (χ1) is 8.83. The molecule has 0 spiro atoms. The molecule has 0 saturated heterocycles. The topological polar surface area (TPSA) is 38.3 Å². The van der Waals surface area contributed by atoms with Gasteiger partial charge >= 0.3 is 5.92 Å². The molecule has 1 N–H and O–H groups in total. The third-order valence-corrected chi connectivity index (χ3v) is 2.16.